The minimum absolute atomic E-state index is 0.452. The lowest BCUT2D eigenvalue weighted by Crippen LogP contribution is -2.34. The number of rotatable bonds is 8. The molecule has 27 heavy (non-hydrogen) atoms. The minimum atomic E-state index is -0.452. The first-order chi connectivity index (χ1) is 13.0. The molecule has 0 saturated heterocycles. The average molecular weight is 383 g/mol. The molecule has 0 fully saturated rings. The smallest absolute Gasteiger partial charge is 0.127 e. The fraction of sp³-hybridized carbons (Fsp3) is 0.217. The Hall–Kier alpha value is -2.49. The van der Waals surface area contributed by atoms with Crippen molar-refractivity contribution in [2.75, 3.05) is 6.61 Å². The Morgan fingerprint density at radius 3 is 2.22 bits per heavy atom. The summed E-state index contributed by atoms with van der Waals surface area (Å²) >= 11 is 5.91. The first kappa shape index (κ1) is 19.3. The van der Waals surface area contributed by atoms with Gasteiger partial charge in [0.25, 0.3) is 0 Å². The van der Waals surface area contributed by atoms with E-state index in [1.165, 1.54) is 0 Å². The maximum Gasteiger partial charge on any atom is 0.127 e. The fourth-order valence-electron chi connectivity index (χ4n) is 2.59. The predicted molar refractivity (Wildman–Crippen MR) is 109 cm³/mol. The lowest BCUT2D eigenvalue weighted by Gasteiger charge is -2.26. The summed E-state index contributed by atoms with van der Waals surface area (Å²) in [5.74, 6) is 2.37. The highest BCUT2D eigenvalue weighted by Crippen LogP contribution is 2.23. The highest BCUT2D eigenvalue weighted by molar-refractivity contribution is 6.30. The molecule has 0 amide bonds. The van der Waals surface area contributed by atoms with E-state index in [0.29, 0.717) is 18.2 Å². The van der Waals surface area contributed by atoms with Crippen LogP contribution in [0.3, 0.4) is 0 Å². The van der Waals surface area contributed by atoms with Crippen molar-refractivity contribution in [3.63, 3.8) is 0 Å². The van der Waals surface area contributed by atoms with Crippen molar-refractivity contribution < 1.29 is 14.2 Å². The van der Waals surface area contributed by atoms with Crippen LogP contribution in [0.1, 0.15) is 19.4 Å². The second-order valence-corrected chi connectivity index (χ2v) is 7.31. The van der Waals surface area contributed by atoms with Crippen LogP contribution in [0.25, 0.3) is 0 Å². The Labute approximate surface area is 165 Å². The topological polar surface area (TPSA) is 27.7 Å². The van der Waals surface area contributed by atoms with Crippen molar-refractivity contribution in [1.29, 1.82) is 0 Å². The Bertz CT molecular complexity index is 845. The van der Waals surface area contributed by atoms with Crippen LogP contribution in [0.5, 0.6) is 17.2 Å². The molecule has 0 aliphatic carbocycles. The largest absolute Gasteiger partial charge is 0.485 e. The van der Waals surface area contributed by atoms with Crippen molar-refractivity contribution in [2.45, 2.75) is 26.1 Å². The summed E-state index contributed by atoms with van der Waals surface area (Å²) in [7, 11) is 0. The molecule has 0 atom stereocenters. The minimum Gasteiger partial charge on any atom is -0.485 e. The molecule has 3 aromatic rings. The van der Waals surface area contributed by atoms with Gasteiger partial charge in [0.15, 0.2) is 0 Å². The van der Waals surface area contributed by atoms with Crippen molar-refractivity contribution in [3.8, 4) is 17.2 Å². The quantitative estimate of drug-likeness (QED) is 0.444. The zero-order valence-electron chi connectivity index (χ0n) is 15.5. The summed E-state index contributed by atoms with van der Waals surface area (Å²) in [5, 5.41) is 0.689. The molecule has 0 aliphatic heterocycles. The second-order valence-electron chi connectivity index (χ2n) is 6.87. The van der Waals surface area contributed by atoms with Gasteiger partial charge >= 0.3 is 0 Å². The molecule has 0 saturated carbocycles. The van der Waals surface area contributed by atoms with Gasteiger partial charge in [0.2, 0.25) is 0 Å². The number of halogens is 1. The first-order valence-corrected chi connectivity index (χ1v) is 9.22. The van der Waals surface area contributed by atoms with Crippen LogP contribution in [-0.4, -0.2) is 12.2 Å². The number of para-hydroxylation sites is 1. The zero-order valence-corrected chi connectivity index (χ0v) is 16.3. The summed E-state index contributed by atoms with van der Waals surface area (Å²) in [6.07, 6.45) is 0. The van der Waals surface area contributed by atoms with Crippen molar-refractivity contribution >= 4 is 11.6 Å². The molecule has 0 aliphatic rings. The van der Waals surface area contributed by atoms with E-state index in [9.17, 15) is 0 Å². The fourth-order valence-corrected chi connectivity index (χ4v) is 2.72. The van der Waals surface area contributed by atoms with Crippen molar-refractivity contribution in [3.05, 3.63) is 89.4 Å². The Morgan fingerprint density at radius 1 is 0.778 bits per heavy atom. The summed E-state index contributed by atoms with van der Waals surface area (Å²) in [5.41, 5.74) is 0.595. The van der Waals surface area contributed by atoms with Gasteiger partial charge in [-0.15, -0.1) is 0 Å². The molecule has 0 aromatic heterocycles. The molecule has 140 valence electrons. The van der Waals surface area contributed by atoms with E-state index in [1.807, 2.05) is 92.7 Å². The highest BCUT2D eigenvalue weighted by atomic mass is 35.5. The van der Waals surface area contributed by atoms with Crippen LogP contribution in [0.2, 0.25) is 5.02 Å². The summed E-state index contributed by atoms with van der Waals surface area (Å²) in [6.45, 7) is 4.94. The van der Waals surface area contributed by atoms with Crippen LogP contribution in [0.15, 0.2) is 78.9 Å². The zero-order chi connectivity index (χ0) is 19.1. The average Bonchev–Trinajstić information content (AvgIpc) is 2.64. The van der Waals surface area contributed by atoms with Gasteiger partial charge < -0.3 is 14.2 Å². The molecular weight excluding hydrogens is 360 g/mol. The van der Waals surface area contributed by atoms with Crippen LogP contribution in [0.4, 0.5) is 0 Å². The van der Waals surface area contributed by atoms with Crippen molar-refractivity contribution in [2.24, 2.45) is 0 Å². The molecular formula is C23H23ClO3. The van der Waals surface area contributed by atoms with Crippen LogP contribution < -0.4 is 9.47 Å². The number of hydrogen-bond acceptors (Lipinski definition) is 3. The molecule has 0 bridgehead atoms. The van der Waals surface area contributed by atoms with E-state index in [1.54, 1.807) is 0 Å². The number of hydrogen-bond donors (Lipinski definition) is 0. The van der Waals surface area contributed by atoms with E-state index in [2.05, 4.69) is 0 Å². The lowest BCUT2D eigenvalue weighted by atomic mass is 10.1. The van der Waals surface area contributed by atoms with Crippen molar-refractivity contribution in [1.82, 2.24) is 0 Å². The summed E-state index contributed by atoms with van der Waals surface area (Å²) in [4.78, 5) is 0. The predicted octanol–water partition coefficient (Wildman–Crippen LogP) is 6.51. The Balaban J connectivity index is 1.52. The van der Waals surface area contributed by atoms with Gasteiger partial charge in [-0.2, -0.15) is 0 Å². The van der Waals surface area contributed by atoms with Gasteiger partial charge in [0, 0.05) is 5.02 Å². The Morgan fingerprint density at radius 2 is 1.48 bits per heavy atom. The molecule has 0 heterocycles. The molecule has 4 heteroatoms. The van der Waals surface area contributed by atoms with Crippen LogP contribution in [0, 0.1) is 0 Å². The molecule has 3 rings (SSSR count). The van der Waals surface area contributed by atoms with Gasteiger partial charge in [-0.3, -0.25) is 0 Å². The molecule has 3 aromatic carbocycles. The molecule has 3 nitrogen and oxygen atoms in total. The van der Waals surface area contributed by atoms with Gasteiger partial charge in [0.1, 0.15) is 22.8 Å². The monoisotopic (exact) mass is 382 g/mol. The normalized spacial score (nSPS) is 11.2. The second kappa shape index (κ2) is 8.94. The lowest BCUT2D eigenvalue weighted by molar-refractivity contribution is -0.0101. The number of ether oxygens (including phenoxy) is 3. The van der Waals surface area contributed by atoms with E-state index in [0.717, 1.165) is 22.8 Å². The van der Waals surface area contributed by atoms with Crippen LogP contribution >= 0.6 is 11.6 Å². The van der Waals surface area contributed by atoms with E-state index in [4.69, 9.17) is 25.8 Å². The summed E-state index contributed by atoms with van der Waals surface area (Å²) in [6, 6.07) is 25.0. The maximum absolute atomic E-state index is 5.99. The Kier molecular flexibility index (Phi) is 6.38. The molecule has 0 unspecified atom stereocenters. The van der Waals surface area contributed by atoms with Gasteiger partial charge in [-0.25, -0.2) is 0 Å². The van der Waals surface area contributed by atoms with E-state index in [-0.39, 0.29) is 0 Å². The van der Waals surface area contributed by atoms with Gasteiger partial charge in [0.05, 0.1) is 13.2 Å². The van der Waals surface area contributed by atoms with Gasteiger partial charge in [-0.05, 0) is 67.9 Å². The molecule has 0 N–H and O–H groups in total. The number of benzene rings is 3. The van der Waals surface area contributed by atoms with Crippen LogP contribution in [-0.2, 0) is 11.3 Å². The standard InChI is InChI=1S/C23H23ClO3/c1-23(2,27-21-13-11-19(24)12-14-21)17-25-16-18-7-6-10-22(15-18)26-20-8-4-3-5-9-20/h3-15H,16-17H2,1-2H3. The van der Waals surface area contributed by atoms with E-state index >= 15 is 0 Å². The van der Waals surface area contributed by atoms with E-state index < -0.39 is 5.60 Å². The first-order valence-electron chi connectivity index (χ1n) is 8.84. The third kappa shape index (κ3) is 6.31. The maximum atomic E-state index is 5.99. The summed E-state index contributed by atoms with van der Waals surface area (Å²) < 4.78 is 17.7. The van der Waals surface area contributed by atoms with Gasteiger partial charge in [-0.1, -0.05) is 41.9 Å². The molecule has 0 radical (unpaired) electrons. The third-order valence-corrected chi connectivity index (χ3v) is 4.06. The third-order valence-electron chi connectivity index (χ3n) is 3.80. The molecule has 0 spiro atoms. The SMILES string of the molecule is CC(C)(COCc1cccc(Oc2ccccc2)c1)Oc1ccc(Cl)cc1. The highest BCUT2D eigenvalue weighted by Gasteiger charge is 2.20.